The maximum Gasteiger partial charge on any atom is 0.245 e. The minimum absolute atomic E-state index is 0.0450. The molecule has 0 unspecified atom stereocenters. The molecule has 0 spiro atoms. The first kappa shape index (κ1) is 19.2. The number of likely N-dealkylation sites (tertiary alicyclic amines) is 1. The van der Waals surface area contributed by atoms with Crippen molar-refractivity contribution in [3.63, 3.8) is 0 Å². The van der Waals surface area contributed by atoms with Gasteiger partial charge in [0.05, 0.1) is 26.5 Å². The van der Waals surface area contributed by atoms with E-state index in [0.29, 0.717) is 35.3 Å². The number of methoxy groups -OCH3 is 2. The second kappa shape index (κ2) is 8.85. The number of thiazole rings is 1. The van der Waals surface area contributed by atoms with Crippen LogP contribution in [-0.4, -0.2) is 49.0 Å². The summed E-state index contributed by atoms with van der Waals surface area (Å²) >= 11 is 1.33. The Morgan fingerprint density at radius 2 is 2.11 bits per heavy atom. The number of rotatable bonds is 6. The molecular formula is C19H23N3O4S. The number of anilines is 1. The molecule has 0 saturated carbocycles. The minimum atomic E-state index is -0.233. The number of ether oxygens (including phenoxy) is 2. The summed E-state index contributed by atoms with van der Waals surface area (Å²) in [6.07, 6.45) is 3.39. The predicted molar refractivity (Wildman–Crippen MR) is 104 cm³/mol. The van der Waals surface area contributed by atoms with E-state index in [0.717, 1.165) is 24.8 Å². The third-order valence-electron chi connectivity index (χ3n) is 4.44. The standard InChI is InChI=1S/C19H23N3O4S/c1-25-13-7-8-16(26-2)14(10-13)15-12-27-19(20-15)21-17(23)11-22-9-5-3-4-6-18(22)24/h7-8,10,12H,3-6,9,11H2,1-2H3,(H,20,21,23). The molecule has 1 aliphatic heterocycles. The second-order valence-electron chi connectivity index (χ2n) is 6.28. The zero-order valence-electron chi connectivity index (χ0n) is 15.5. The van der Waals surface area contributed by atoms with E-state index in [9.17, 15) is 9.59 Å². The zero-order chi connectivity index (χ0) is 19.2. The van der Waals surface area contributed by atoms with Gasteiger partial charge in [0.2, 0.25) is 11.8 Å². The molecule has 1 aromatic carbocycles. The number of carbonyl (C=O) groups excluding carboxylic acids is 2. The molecule has 2 amide bonds. The van der Waals surface area contributed by atoms with E-state index in [1.54, 1.807) is 19.1 Å². The van der Waals surface area contributed by atoms with E-state index in [-0.39, 0.29) is 18.4 Å². The lowest BCUT2D eigenvalue weighted by atomic mass is 10.1. The molecule has 3 rings (SSSR count). The third-order valence-corrected chi connectivity index (χ3v) is 5.20. The Kier molecular flexibility index (Phi) is 6.28. The highest BCUT2D eigenvalue weighted by molar-refractivity contribution is 7.14. The number of aromatic nitrogens is 1. The lowest BCUT2D eigenvalue weighted by Crippen LogP contribution is -2.37. The van der Waals surface area contributed by atoms with Gasteiger partial charge >= 0.3 is 0 Å². The third kappa shape index (κ3) is 4.77. The molecule has 27 heavy (non-hydrogen) atoms. The molecule has 0 aliphatic carbocycles. The van der Waals surface area contributed by atoms with Crippen LogP contribution in [0.3, 0.4) is 0 Å². The first-order valence-corrected chi connectivity index (χ1v) is 9.74. The minimum Gasteiger partial charge on any atom is -0.497 e. The zero-order valence-corrected chi connectivity index (χ0v) is 16.3. The largest absolute Gasteiger partial charge is 0.497 e. The van der Waals surface area contributed by atoms with E-state index in [4.69, 9.17) is 9.47 Å². The van der Waals surface area contributed by atoms with E-state index in [1.165, 1.54) is 11.3 Å². The van der Waals surface area contributed by atoms with Crippen LogP contribution in [0, 0.1) is 0 Å². The van der Waals surface area contributed by atoms with Crippen LogP contribution in [0.25, 0.3) is 11.3 Å². The van der Waals surface area contributed by atoms with Crippen LogP contribution < -0.4 is 14.8 Å². The number of nitrogens with zero attached hydrogens (tertiary/aromatic N) is 2. The van der Waals surface area contributed by atoms with Crippen molar-refractivity contribution in [1.82, 2.24) is 9.88 Å². The number of carbonyl (C=O) groups is 2. The van der Waals surface area contributed by atoms with Gasteiger partial charge in [0.15, 0.2) is 5.13 Å². The Labute approximate surface area is 162 Å². The maximum atomic E-state index is 12.3. The Hall–Kier alpha value is -2.61. The normalized spacial score (nSPS) is 14.6. The van der Waals surface area contributed by atoms with Gasteiger partial charge < -0.3 is 19.7 Å². The van der Waals surface area contributed by atoms with Gasteiger partial charge in [-0.25, -0.2) is 4.98 Å². The van der Waals surface area contributed by atoms with Gasteiger partial charge in [-0.15, -0.1) is 11.3 Å². The summed E-state index contributed by atoms with van der Waals surface area (Å²) in [6, 6.07) is 5.47. The summed E-state index contributed by atoms with van der Waals surface area (Å²) in [6.45, 7) is 0.701. The summed E-state index contributed by atoms with van der Waals surface area (Å²) < 4.78 is 10.7. The van der Waals surface area contributed by atoms with Crippen molar-refractivity contribution >= 4 is 28.3 Å². The van der Waals surface area contributed by atoms with Crippen molar-refractivity contribution in [2.45, 2.75) is 25.7 Å². The average molecular weight is 389 g/mol. The van der Waals surface area contributed by atoms with Crippen LogP contribution in [0.15, 0.2) is 23.6 Å². The van der Waals surface area contributed by atoms with Gasteiger partial charge in [0.1, 0.15) is 11.5 Å². The molecule has 8 heteroatoms. The summed E-state index contributed by atoms with van der Waals surface area (Å²) in [5.41, 5.74) is 1.48. The SMILES string of the molecule is COc1ccc(OC)c(-c2csc(NC(=O)CN3CCCCCC3=O)n2)c1. The van der Waals surface area contributed by atoms with Crippen LogP contribution in [0.5, 0.6) is 11.5 Å². The van der Waals surface area contributed by atoms with Gasteiger partial charge in [0.25, 0.3) is 0 Å². The highest BCUT2D eigenvalue weighted by Gasteiger charge is 2.20. The van der Waals surface area contributed by atoms with E-state index >= 15 is 0 Å². The van der Waals surface area contributed by atoms with Crippen LogP contribution >= 0.6 is 11.3 Å². The fraction of sp³-hybridized carbons (Fsp3) is 0.421. The first-order valence-electron chi connectivity index (χ1n) is 8.86. The quantitative estimate of drug-likeness (QED) is 0.821. The molecule has 1 N–H and O–H groups in total. The predicted octanol–water partition coefficient (Wildman–Crippen LogP) is 3.17. The smallest absolute Gasteiger partial charge is 0.245 e. The Morgan fingerprint density at radius 3 is 2.89 bits per heavy atom. The highest BCUT2D eigenvalue weighted by atomic mass is 32.1. The van der Waals surface area contributed by atoms with E-state index in [1.807, 2.05) is 23.6 Å². The van der Waals surface area contributed by atoms with E-state index in [2.05, 4.69) is 10.3 Å². The van der Waals surface area contributed by atoms with Crippen molar-refractivity contribution in [3.05, 3.63) is 23.6 Å². The lowest BCUT2D eigenvalue weighted by Gasteiger charge is -2.19. The number of nitrogens with one attached hydrogen (secondary N) is 1. The Balaban J connectivity index is 1.69. The second-order valence-corrected chi connectivity index (χ2v) is 7.14. The van der Waals surface area contributed by atoms with Gasteiger partial charge in [-0.1, -0.05) is 6.42 Å². The molecule has 0 radical (unpaired) electrons. The van der Waals surface area contributed by atoms with Crippen molar-refractivity contribution in [2.24, 2.45) is 0 Å². The molecule has 0 atom stereocenters. The molecule has 144 valence electrons. The maximum absolute atomic E-state index is 12.3. The van der Waals surface area contributed by atoms with Gasteiger partial charge in [0, 0.05) is 23.9 Å². The molecule has 1 saturated heterocycles. The van der Waals surface area contributed by atoms with Crippen LogP contribution in [0.1, 0.15) is 25.7 Å². The topological polar surface area (TPSA) is 80.8 Å². The van der Waals surface area contributed by atoms with Gasteiger partial charge in [-0.3, -0.25) is 9.59 Å². The fourth-order valence-electron chi connectivity index (χ4n) is 3.01. The molecule has 1 fully saturated rings. The molecular weight excluding hydrogens is 366 g/mol. The molecule has 1 aromatic heterocycles. The summed E-state index contributed by atoms with van der Waals surface area (Å²) in [4.78, 5) is 30.5. The summed E-state index contributed by atoms with van der Waals surface area (Å²) in [5, 5.41) is 5.13. The molecule has 2 heterocycles. The van der Waals surface area contributed by atoms with Crippen molar-refractivity contribution in [3.8, 4) is 22.8 Å². The fourth-order valence-corrected chi connectivity index (χ4v) is 3.73. The van der Waals surface area contributed by atoms with Gasteiger partial charge in [-0.05, 0) is 31.0 Å². The molecule has 1 aliphatic rings. The van der Waals surface area contributed by atoms with Gasteiger partial charge in [-0.2, -0.15) is 0 Å². The van der Waals surface area contributed by atoms with Crippen LogP contribution in [-0.2, 0) is 9.59 Å². The van der Waals surface area contributed by atoms with Crippen LogP contribution in [0.4, 0.5) is 5.13 Å². The molecule has 7 nitrogen and oxygen atoms in total. The molecule has 0 bridgehead atoms. The summed E-state index contributed by atoms with van der Waals surface area (Å²) in [5.74, 6) is 1.19. The highest BCUT2D eigenvalue weighted by Crippen LogP contribution is 2.35. The number of hydrogen-bond donors (Lipinski definition) is 1. The Bertz CT molecular complexity index is 821. The van der Waals surface area contributed by atoms with Crippen molar-refractivity contribution in [1.29, 1.82) is 0 Å². The number of amides is 2. The average Bonchev–Trinajstić information content (AvgIpc) is 3.04. The van der Waals surface area contributed by atoms with Crippen molar-refractivity contribution < 1.29 is 19.1 Å². The number of benzene rings is 1. The molecule has 2 aromatic rings. The van der Waals surface area contributed by atoms with E-state index < -0.39 is 0 Å². The number of hydrogen-bond acceptors (Lipinski definition) is 6. The summed E-state index contributed by atoms with van der Waals surface area (Å²) in [7, 11) is 3.20. The monoisotopic (exact) mass is 389 g/mol. The lowest BCUT2D eigenvalue weighted by molar-refractivity contribution is -0.134. The first-order chi connectivity index (χ1) is 13.1. The van der Waals surface area contributed by atoms with Crippen LogP contribution in [0.2, 0.25) is 0 Å². The van der Waals surface area contributed by atoms with Crippen molar-refractivity contribution in [2.75, 3.05) is 32.6 Å². The Morgan fingerprint density at radius 1 is 1.26 bits per heavy atom.